The first-order chi connectivity index (χ1) is 12.0. The molecule has 6 heteroatoms. The summed E-state index contributed by atoms with van der Waals surface area (Å²) in [6.07, 6.45) is 0. The minimum Gasteiger partial charge on any atom is -0.322 e. The average Bonchev–Trinajstić information content (AvgIpc) is 2.61. The molecule has 0 bridgehead atoms. The third-order valence-electron chi connectivity index (χ3n) is 4.52. The zero-order valence-corrected chi connectivity index (χ0v) is 15.6. The molecule has 1 N–H and O–H groups in total. The van der Waals surface area contributed by atoms with Crippen molar-refractivity contribution in [2.75, 3.05) is 31.5 Å². The number of hydrogen-bond acceptors (Lipinski definition) is 2. The second kappa shape index (κ2) is 8.09. The van der Waals surface area contributed by atoms with Gasteiger partial charge < -0.3 is 10.2 Å². The maximum absolute atomic E-state index is 12.5. The van der Waals surface area contributed by atoms with E-state index in [2.05, 4.69) is 10.2 Å². The van der Waals surface area contributed by atoms with Crippen LogP contribution in [0, 0.1) is 6.92 Å². The summed E-state index contributed by atoms with van der Waals surface area (Å²) in [4.78, 5) is 16.6. The molecule has 0 aromatic heterocycles. The summed E-state index contributed by atoms with van der Waals surface area (Å²) in [6.45, 7) is 5.74. The predicted octanol–water partition coefficient (Wildman–Crippen LogP) is 4.65. The maximum Gasteiger partial charge on any atom is 0.321 e. The molecule has 1 aliphatic heterocycles. The lowest BCUT2D eigenvalue weighted by Crippen LogP contribution is -2.49. The van der Waals surface area contributed by atoms with Crippen molar-refractivity contribution in [1.29, 1.82) is 0 Å². The van der Waals surface area contributed by atoms with E-state index in [0.717, 1.165) is 41.5 Å². The SMILES string of the molecule is Cc1c(Cl)cccc1NC(=O)N1CCN(Cc2ccccc2Cl)CC1. The molecule has 25 heavy (non-hydrogen) atoms. The van der Waals surface area contributed by atoms with Gasteiger partial charge in [0.15, 0.2) is 0 Å². The summed E-state index contributed by atoms with van der Waals surface area (Å²) < 4.78 is 0. The van der Waals surface area contributed by atoms with Gasteiger partial charge in [0.25, 0.3) is 0 Å². The van der Waals surface area contributed by atoms with E-state index in [1.807, 2.05) is 54.3 Å². The molecular weight excluding hydrogens is 357 g/mol. The van der Waals surface area contributed by atoms with Crippen LogP contribution in [0.5, 0.6) is 0 Å². The van der Waals surface area contributed by atoms with Crippen molar-refractivity contribution in [2.45, 2.75) is 13.5 Å². The number of carbonyl (C=O) groups excluding carboxylic acids is 1. The molecule has 0 radical (unpaired) electrons. The number of halogens is 2. The number of urea groups is 1. The van der Waals surface area contributed by atoms with E-state index in [0.29, 0.717) is 18.1 Å². The minimum atomic E-state index is -0.0808. The fourth-order valence-electron chi connectivity index (χ4n) is 2.91. The Morgan fingerprint density at radius 2 is 1.68 bits per heavy atom. The van der Waals surface area contributed by atoms with Gasteiger partial charge in [-0.15, -0.1) is 0 Å². The number of piperazine rings is 1. The minimum absolute atomic E-state index is 0.0808. The number of anilines is 1. The van der Waals surface area contributed by atoms with Gasteiger partial charge in [-0.1, -0.05) is 47.5 Å². The summed E-state index contributed by atoms with van der Waals surface area (Å²) in [6, 6.07) is 13.3. The Kier molecular flexibility index (Phi) is 5.84. The molecule has 2 amide bonds. The first-order valence-corrected chi connectivity index (χ1v) is 9.07. The molecule has 0 aliphatic carbocycles. The average molecular weight is 378 g/mol. The normalized spacial score (nSPS) is 15.2. The van der Waals surface area contributed by atoms with E-state index in [1.54, 1.807) is 0 Å². The van der Waals surface area contributed by atoms with Crippen LogP contribution >= 0.6 is 23.2 Å². The van der Waals surface area contributed by atoms with Crippen molar-refractivity contribution in [3.05, 3.63) is 63.6 Å². The number of carbonyl (C=O) groups is 1. The van der Waals surface area contributed by atoms with Crippen molar-refractivity contribution in [3.63, 3.8) is 0 Å². The van der Waals surface area contributed by atoms with Gasteiger partial charge in [-0.25, -0.2) is 4.79 Å². The first kappa shape index (κ1) is 18.1. The van der Waals surface area contributed by atoms with Gasteiger partial charge >= 0.3 is 6.03 Å². The van der Waals surface area contributed by atoms with Crippen molar-refractivity contribution < 1.29 is 4.79 Å². The molecule has 0 atom stereocenters. The monoisotopic (exact) mass is 377 g/mol. The van der Waals surface area contributed by atoms with Crippen LogP contribution in [0.3, 0.4) is 0 Å². The van der Waals surface area contributed by atoms with E-state index >= 15 is 0 Å². The number of amides is 2. The number of rotatable bonds is 3. The number of nitrogens with zero attached hydrogens (tertiary/aromatic N) is 2. The van der Waals surface area contributed by atoms with E-state index < -0.39 is 0 Å². The maximum atomic E-state index is 12.5. The Morgan fingerprint density at radius 3 is 2.40 bits per heavy atom. The van der Waals surface area contributed by atoms with Gasteiger partial charge in [-0.2, -0.15) is 0 Å². The van der Waals surface area contributed by atoms with Crippen LogP contribution in [0.1, 0.15) is 11.1 Å². The zero-order valence-electron chi connectivity index (χ0n) is 14.1. The Morgan fingerprint density at radius 1 is 1.00 bits per heavy atom. The van der Waals surface area contributed by atoms with E-state index in [-0.39, 0.29) is 6.03 Å². The second-order valence-corrected chi connectivity index (χ2v) is 7.01. The lowest BCUT2D eigenvalue weighted by molar-refractivity contribution is 0.143. The predicted molar refractivity (Wildman–Crippen MR) is 104 cm³/mol. The lowest BCUT2D eigenvalue weighted by atomic mass is 10.2. The van der Waals surface area contributed by atoms with Gasteiger partial charge in [0.05, 0.1) is 0 Å². The molecular formula is C19H21Cl2N3O. The molecule has 4 nitrogen and oxygen atoms in total. The van der Waals surface area contributed by atoms with Crippen molar-refractivity contribution in [2.24, 2.45) is 0 Å². The summed E-state index contributed by atoms with van der Waals surface area (Å²) in [5, 5.41) is 4.40. The van der Waals surface area contributed by atoms with Gasteiger partial charge in [0.2, 0.25) is 0 Å². The number of nitrogens with one attached hydrogen (secondary N) is 1. The molecule has 1 aliphatic rings. The van der Waals surface area contributed by atoms with Crippen LogP contribution in [0.15, 0.2) is 42.5 Å². The fourth-order valence-corrected chi connectivity index (χ4v) is 3.28. The molecule has 2 aromatic carbocycles. The largest absolute Gasteiger partial charge is 0.322 e. The summed E-state index contributed by atoms with van der Waals surface area (Å²) in [7, 11) is 0. The van der Waals surface area contributed by atoms with Gasteiger partial charge in [0.1, 0.15) is 0 Å². The molecule has 2 aromatic rings. The van der Waals surface area contributed by atoms with Crippen LogP contribution < -0.4 is 5.32 Å². The summed E-state index contributed by atoms with van der Waals surface area (Å²) >= 11 is 12.3. The van der Waals surface area contributed by atoms with E-state index in [1.165, 1.54) is 0 Å². The molecule has 3 rings (SSSR count). The highest BCUT2D eigenvalue weighted by atomic mass is 35.5. The summed E-state index contributed by atoms with van der Waals surface area (Å²) in [5.41, 5.74) is 2.77. The second-order valence-electron chi connectivity index (χ2n) is 6.20. The van der Waals surface area contributed by atoms with Crippen LogP contribution in [-0.2, 0) is 6.54 Å². The third kappa shape index (κ3) is 4.46. The van der Waals surface area contributed by atoms with Crippen LogP contribution in [0.2, 0.25) is 10.0 Å². The van der Waals surface area contributed by atoms with Crippen molar-refractivity contribution >= 4 is 34.9 Å². The molecule has 0 saturated carbocycles. The van der Waals surface area contributed by atoms with Gasteiger partial charge in [-0.05, 0) is 36.2 Å². The zero-order chi connectivity index (χ0) is 17.8. The molecule has 1 fully saturated rings. The van der Waals surface area contributed by atoms with Gasteiger partial charge in [-0.3, -0.25) is 4.90 Å². The van der Waals surface area contributed by atoms with Crippen molar-refractivity contribution in [3.8, 4) is 0 Å². The number of hydrogen-bond donors (Lipinski definition) is 1. The molecule has 0 spiro atoms. The Hall–Kier alpha value is -1.75. The van der Waals surface area contributed by atoms with Crippen LogP contribution in [-0.4, -0.2) is 42.0 Å². The highest BCUT2D eigenvalue weighted by Crippen LogP contribution is 2.23. The molecule has 1 saturated heterocycles. The quantitative estimate of drug-likeness (QED) is 0.844. The fraction of sp³-hybridized carbons (Fsp3) is 0.316. The highest BCUT2D eigenvalue weighted by Gasteiger charge is 2.22. The van der Waals surface area contributed by atoms with E-state index in [9.17, 15) is 4.79 Å². The highest BCUT2D eigenvalue weighted by molar-refractivity contribution is 6.32. The smallest absolute Gasteiger partial charge is 0.321 e. The third-order valence-corrected chi connectivity index (χ3v) is 5.30. The Labute approximate surface area is 158 Å². The van der Waals surface area contributed by atoms with Crippen LogP contribution in [0.4, 0.5) is 10.5 Å². The molecule has 132 valence electrons. The van der Waals surface area contributed by atoms with Crippen molar-refractivity contribution in [1.82, 2.24) is 9.80 Å². The van der Waals surface area contributed by atoms with Crippen LogP contribution in [0.25, 0.3) is 0 Å². The Bertz CT molecular complexity index is 758. The topological polar surface area (TPSA) is 35.6 Å². The molecule has 1 heterocycles. The lowest BCUT2D eigenvalue weighted by Gasteiger charge is -2.35. The first-order valence-electron chi connectivity index (χ1n) is 8.31. The molecule has 0 unspecified atom stereocenters. The Balaban J connectivity index is 1.54. The van der Waals surface area contributed by atoms with Gasteiger partial charge in [0, 0.05) is 48.5 Å². The number of benzene rings is 2. The standard InChI is InChI=1S/C19H21Cl2N3O/c1-14-16(20)7-4-8-18(14)22-19(25)24-11-9-23(10-12-24)13-15-5-2-3-6-17(15)21/h2-8H,9-13H2,1H3,(H,22,25). The summed E-state index contributed by atoms with van der Waals surface area (Å²) in [5.74, 6) is 0. The van der Waals surface area contributed by atoms with E-state index in [4.69, 9.17) is 23.2 Å².